The van der Waals surface area contributed by atoms with E-state index in [1.165, 1.54) is 42.3 Å². The Kier molecular flexibility index (Phi) is 7.96. The number of fused-ring (bicyclic) bond motifs is 1. The van der Waals surface area contributed by atoms with E-state index in [-0.39, 0.29) is 18.7 Å². The van der Waals surface area contributed by atoms with E-state index in [1.807, 2.05) is 4.90 Å². The largest absolute Gasteiger partial charge is 0.573 e. The summed E-state index contributed by atoms with van der Waals surface area (Å²) in [6, 6.07) is 17.5. The fourth-order valence-electron chi connectivity index (χ4n) is 4.55. The highest BCUT2D eigenvalue weighted by Crippen LogP contribution is 2.42. The molecule has 1 aliphatic rings. The SMILES string of the molecule is COC(=O)c1cccc(C2CN(Cc3cccc(OC(F)(F)F)c3)c3ccccc3N2CC(O)C(F)(F)F)c1. The first-order valence-corrected chi connectivity index (χ1v) is 11.7. The maximum Gasteiger partial charge on any atom is 0.573 e. The number of alkyl halides is 6. The Morgan fingerprint density at radius 3 is 2.33 bits per heavy atom. The van der Waals surface area contributed by atoms with E-state index in [0.717, 1.165) is 0 Å². The summed E-state index contributed by atoms with van der Waals surface area (Å²) in [7, 11) is 1.20. The summed E-state index contributed by atoms with van der Waals surface area (Å²) in [4.78, 5) is 15.4. The summed E-state index contributed by atoms with van der Waals surface area (Å²) in [5, 5.41) is 9.97. The van der Waals surface area contributed by atoms with E-state index in [0.29, 0.717) is 22.5 Å². The molecule has 0 spiro atoms. The maximum atomic E-state index is 13.4. The molecule has 12 heteroatoms. The molecule has 0 amide bonds. The number of carbonyl (C=O) groups excluding carboxylic acids is 1. The van der Waals surface area contributed by atoms with Crippen LogP contribution < -0.4 is 14.5 Å². The summed E-state index contributed by atoms with van der Waals surface area (Å²) in [6.45, 7) is -0.581. The number of hydrogen-bond acceptors (Lipinski definition) is 6. The Morgan fingerprint density at radius 2 is 1.67 bits per heavy atom. The van der Waals surface area contributed by atoms with E-state index in [9.17, 15) is 36.2 Å². The van der Waals surface area contributed by atoms with Gasteiger partial charge in [0.15, 0.2) is 6.10 Å². The Bertz CT molecular complexity index is 1310. The molecule has 3 aromatic rings. The molecule has 0 radical (unpaired) electrons. The molecule has 0 fully saturated rings. The first-order chi connectivity index (χ1) is 18.4. The normalized spacial score (nSPS) is 16.5. The smallest absolute Gasteiger partial charge is 0.465 e. The van der Waals surface area contributed by atoms with Gasteiger partial charge in [0.1, 0.15) is 5.75 Å². The summed E-state index contributed by atoms with van der Waals surface area (Å²) >= 11 is 0. The summed E-state index contributed by atoms with van der Waals surface area (Å²) in [5.41, 5.74) is 2.05. The number of nitrogens with zero attached hydrogens (tertiary/aromatic N) is 2. The fraction of sp³-hybridized carbons (Fsp3) is 0.296. The average molecular weight is 554 g/mol. The molecule has 4 rings (SSSR count). The molecule has 1 heterocycles. The molecule has 0 saturated heterocycles. The second-order valence-corrected chi connectivity index (χ2v) is 8.91. The van der Waals surface area contributed by atoms with Crippen LogP contribution in [0.5, 0.6) is 5.75 Å². The van der Waals surface area contributed by atoms with Crippen molar-refractivity contribution in [3.63, 3.8) is 0 Å². The van der Waals surface area contributed by atoms with Gasteiger partial charge in [-0.25, -0.2) is 4.79 Å². The van der Waals surface area contributed by atoms with Gasteiger partial charge in [-0.2, -0.15) is 13.2 Å². The molecule has 0 aliphatic carbocycles. The van der Waals surface area contributed by atoms with Crippen molar-refractivity contribution < 1.29 is 45.7 Å². The zero-order valence-electron chi connectivity index (χ0n) is 20.5. The number of aliphatic hydroxyl groups is 1. The zero-order chi connectivity index (χ0) is 28.4. The quantitative estimate of drug-likeness (QED) is 0.292. The van der Waals surface area contributed by atoms with Crippen molar-refractivity contribution in [2.75, 3.05) is 30.0 Å². The molecule has 0 bridgehead atoms. The van der Waals surface area contributed by atoms with Crippen LogP contribution in [-0.4, -0.2) is 49.9 Å². The van der Waals surface area contributed by atoms with Gasteiger partial charge in [-0.3, -0.25) is 0 Å². The van der Waals surface area contributed by atoms with Gasteiger partial charge in [0.2, 0.25) is 0 Å². The van der Waals surface area contributed by atoms with Gasteiger partial charge in [-0.15, -0.1) is 13.2 Å². The third-order valence-corrected chi connectivity index (χ3v) is 6.25. The lowest BCUT2D eigenvalue weighted by molar-refractivity contribution is -0.274. The number of halogens is 6. The highest BCUT2D eigenvalue weighted by Gasteiger charge is 2.42. The van der Waals surface area contributed by atoms with Gasteiger partial charge in [-0.05, 0) is 47.5 Å². The predicted molar refractivity (Wildman–Crippen MR) is 131 cm³/mol. The van der Waals surface area contributed by atoms with Crippen molar-refractivity contribution in [3.05, 3.63) is 89.5 Å². The molecule has 0 saturated carbocycles. The van der Waals surface area contributed by atoms with Crippen LogP contribution in [0.4, 0.5) is 37.7 Å². The van der Waals surface area contributed by atoms with Crippen LogP contribution in [0.25, 0.3) is 0 Å². The molecule has 3 aromatic carbocycles. The van der Waals surface area contributed by atoms with E-state index < -0.39 is 42.9 Å². The van der Waals surface area contributed by atoms with Crippen LogP contribution in [0.2, 0.25) is 0 Å². The Hall–Kier alpha value is -3.93. The Balaban J connectivity index is 1.75. The molecule has 2 atom stereocenters. The number of benzene rings is 3. The molecule has 6 nitrogen and oxygen atoms in total. The summed E-state index contributed by atoms with van der Waals surface area (Å²) < 4.78 is 87.2. The molecule has 39 heavy (non-hydrogen) atoms. The van der Waals surface area contributed by atoms with Crippen molar-refractivity contribution in [1.29, 1.82) is 0 Å². The second kappa shape index (κ2) is 11.0. The monoisotopic (exact) mass is 554 g/mol. The number of β-amino-alcohol motifs (C(OH)–C–C–N with tert-alkyl or cyclic N) is 1. The van der Waals surface area contributed by atoms with Crippen molar-refractivity contribution >= 4 is 17.3 Å². The number of anilines is 2. The molecular formula is C27H24F6N2O4. The predicted octanol–water partition coefficient (Wildman–Crippen LogP) is 5.86. The van der Waals surface area contributed by atoms with E-state index in [1.54, 1.807) is 42.5 Å². The highest BCUT2D eigenvalue weighted by atomic mass is 19.4. The highest BCUT2D eigenvalue weighted by molar-refractivity contribution is 5.89. The first kappa shape index (κ1) is 28.1. The molecular weight excluding hydrogens is 530 g/mol. The molecule has 2 unspecified atom stereocenters. The Morgan fingerprint density at radius 1 is 0.974 bits per heavy atom. The number of para-hydroxylation sites is 2. The third-order valence-electron chi connectivity index (χ3n) is 6.25. The standard InChI is InChI=1S/C27H24F6N2O4/c1-38-25(37)19-8-5-7-18(13-19)23-15-34(14-17-6-4-9-20(12-17)39-27(31,32)33)21-10-2-3-11-22(21)35(23)16-24(36)26(28,29)30/h2-13,23-24,36H,14-16H2,1H3. The van der Waals surface area contributed by atoms with E-state index in [4.69, 9.17) is 4.74 Å². The first-order valence-electron chi connectivity index (χ1n) is 11.7. The number of ether oxygens (including phenoxy) is 2. The summed E-state index contributed by atoms with van der Waals surface area (Å²) in [5.74, 6) is -1.03. The minimum atomic E-state index is -4.87. The number of rotatable bonds is 7. The van der Waals surface area contributed by atoms with Crippen LogP contribution in [0.15, 0.2) is 72.8 Å². The van der Waals surface area contributed by atoms with Crippen LogP contribution in [-0.2, 0) is 11.3 Å². The van der Waals surface area contributed by atoms with Gasteiger partial charge < -0.3 is 24.4 Å². The lowest BCUT2D eigenvalue weighted by Gasteiger charge is -2.45. The topological polar surface area (TPSA) is 62.2 Å². The van der Waals surface area contributed by atoms with Crippen LogP contribution >= 0.6 is 0 Å². The molecule has 208 valence electrons. The van der Waals surface area contributed by atoms with Crippen LogP contribution in [0, 0.1) is 0 Å². The van der Waals surface area contributed by atoms with Gasteiger partial charge >= 0.3 is 18.5 Å². The third kappa shape index (κ3) is 6.75. The fourth-order valence-corrected chi connectivity index (χ4v) is 4.55. The van der Waals surface area contributed by atoms with Gasteiger partial charge in [0.25, 0.3) is 0 Å². The van der Waals surface area contributed by atoms with Crippen molar-refractivity contribution in [1.82, 2.24) is 0 Å². The zero-order valence-corrected chi connectivity index (χ0v) is 20.5. The average Bonchev–Trinajstić information content (AvgIpc) is 2.88. The summed E-state index contributed by atoms with van der Waals surface area (Å²) in [6.07, 6.45) is -12.4. The lowest BCUT2D eigenvalue weighted by atomic mass is 9.96. The van der Waals surface area contributed by atoms with E-state index >= 15 is 0 Å². The van der Waals surface area contributed by atoms with Gasteiger partial charge in [-0.1, -0.05) is 36.4 Å². The van der Waals surface area contributed by atoms with Crippen molar-refractivity contribution in [2.45, 2.75) is 31.2 Å². The maximum absolute atomic E-state index is 13.4. The Labute approximate surface area is 220 Å². The second-order valence-electron chi connectivity index (χ2n) is 8.91. The van der Waals surface area contributed by atoms with Gasteiger partial charge in [0.05, 0.1) is 36.6 Å². The van der Waals surface area contributed by atoms with E-state index in [2.05, 4.69) is 4.74 Å². The number of carbonyl (C=O) groups is 1. The lowest BCUT2D eigenvalue weighted by Crippen LogP contribution is -2.49. The van der Waals surface area contributed by atoms with Crippen molar-refractivity contribution in [2.24, 2.45) is 0 Å². The number of esters is 1. The molecule has 1 aliphatic heterocycles. The number of methoxy groups -OCH3 is 1. The molecule has 1 N–H and O–H groups in total. The van der Waals surface area contributed by atoms with Crippen molar-refractivity contribution in [3.8, 4) is 5.75 Å². The number of aliphatic hydroxyl groups excluding tert-OH is 1. The minimum Gasteiger partial charge on any atom is -0.465 e. The van der Waals surface area contributed by atoms with Crippen LogP contribution in [0.3, 0.4) is 0 Å². The number of hydrogen-bond donors (Lipinski definition) is 1. The van der Waals surface area contributed by atoms with Gasteiger partial charge in [0, 0.05) is 13.1 Å². The minimum absolute atomic E-state index is 0.0938. The van der Waals surface area contributed by atoms with Crippen LogP contribution in [0.1, 0.15) is 27.5 Å². The molecule has 0 aromatic heterocycles.